The Morgan fingerprint density at radius 1 is 0.775 bits per heavy atom. The van der Waals surface area contributed by atoms with Crippen LogP contribution in [0.1, 0.15) is 42.3 Å². The Kier molecular flexibility index (Phi) is 9.50. The van der Waals surface area contributed by atoms with E-state index in [1.807, 2.05) is 12.1 Å². The van der Waals surface area contributed by atoms with Crippen LogP contribution in [0.4, 0.5) is 26.3 Å². The van der Waals surface area contributed by atoms with E-state index in [1.165, 1.54) is 0 Å². The average Bonchev–Trinajstić information content (AvgIpc) is 2.91. The van der Waals surface area contributed by atoms with Gasteiger partial charge in [-0.25, -0.2) is 23.1 Å². The lowest BCUT2D eigenvalue weighted by Gasteiger charge is -2.12. The molecule has 10 heteroatoms. The van der Waals surface area contributed by atoms with E-state index in [4.69, 9.17) is 4.74 Å². The predicted molar refractivity (Wildman–Crippen MR) is 139 cm³/mol. The highest BCUT2D eigenvalue weighted by Crippen LogP contribution is 2.28. The standard InChI is InChI=1S/C30H28F6N2O2/c1-2-3-12-39-23-16-37-27(38-17-23)11-6-19-5-10-24-22(13-19)9-8-21(28(24)33)7-4-20-14-25(31)29(26(32)15-20)40-18-30(34,35)36/h5,8-10,13-17H,2-4,6-7,11-12,18H2,1H3. The molecule has 0 unspecified atom stereocenters. The van der Waals surface area contributed by atoms with Gasteiger partial charge in [0.05, 0.1) is 19.0 Å². The summed E-state index contributed by atoms with van der Waals surface area (Å²) in [7, 11) is 0. The molecule has 0 aliphatic heterocycles. The number of halogens is 6. The minimum atomic E-state index is -4.73. The lowest BCUT2D eigenvalue weighted by molar-refractivity contribution is -0.154. The van der Waals surface area contributed by atoms with Gasteiger partial charge < -0.3 is 9.47 Å². The van der Waals surface area contributed by atoms with Gasteiger partial charge in [0.2, 0.25) is 0 Å². The van der Waals surface area contributed by atoms with Crippen LogP contribution < -0.4 is 9.47 Å². The van der Waals surface area contributed by atoms with Gasteiger partial charge in [-0.15, -0.1) is 0 Å². The van der Waals surface area contributed by atoms with E-state index in [0.29, 0.717) is 47.4 Å². The number of aromatic nitrogens is 2. The van der Waals surface area contributed by atoms with Crippen LogP contribution in [0.3, 0.4) is 0 Å². The van der Waals surface area contributed by atoms with Crippen LogP contribution >= 0.6 is 0 Å². The van der Waals surface area contributed by atoms with Crippen LogP contribution in [0.2, 0.25) is 0 Å². The fourth-order valence-electron chi connectivity index (χ4n) is 4.20. The van der Waals surface area contributed by atoms with Crippen molar-refractivity contribution in [1.29, 1.82) is 0 Å². The molecule has 4 rings (SSSR count). The van der Waals surface area contributed by atoms with Crippen LogP contribution in [0.15, 0.2) is 54.9 Å². The van der Waals surface area contributed by atoms with Gasteiger partial charge in [0.1, 0.15) is 11.6 Å². The first-order valence-corrected chi connectivity index (χ1v) is 12.9. The highest BCUT2D eigenvalue weighted by molar-refractivity contribution is 5.84. The van der Waals surface area contributed by atoms with Crippen molar-refractivity contribution in [1.82, 2.24) is 9.97 Å². The third-order valence-electron chi connectivity index (χ3n) is 6.31. The number of benzene rings is 3. The molecular weight excluding hydrogens is 534 g/mol. The van der Waals surface area contributed by atoms with Crippen LogP contribution in [-0.4, -0.2) is 29.4 Å². The van der Waals surface area contributed by atoms with Crippen LogP contribution in [0.25, 0.3) is 10.8 Å². The minimum Gasteiger partial charge on any atom is -0.490 e. The summed E-state index contributed by atoms with van der Waals surface area (Å²) >= 11 is 0. The fourth-order valence-corrected chi connectivity index (χ4v) is 4.20. The number of hydrogen-bond donors (Lipinski definition) is 0. The number of alkyl halides is 3. The first-order chi connectivity index (χ1) is 19.1. The lowest BCUT2D eigenvalue weighted by atomic mass is 9.98. The van der Waals surface area contributed by atoms with Gasteiger partial charge in [-0.3, -0.25) is 0 Å². The molecule has 0 fully saturated rings. The Morgan fingerprint density at radius 2 is 1.48 bits per heavy atom. The molecule has 0 aliphatic carbocycles. The summed E-state index contributed by atoms with van der Waals surface area (Å²) in [6, 6.07) is 10.6. The molecule has 40 heavy (non-hydrogen) atoms. The third-order valence-corrected chi connectivity index (χ3v) is 6.31. The predicted octanol–water partition coefficient (Wildman–Crippen LogP) is 7.74. The highest BCUT2D eigenvalue weighted by atomic mass is 19.4. The first kappa shape index (κ1) is 29.2. The maximum Gasteiger partial charge on any atom is 0.422 e. The molecular formula is C30H28F6N2O2. The summed E-state index contributed by atoms with van der Waals surface area (Å²) in [6.07, 6.45) is 2.09. The monoisotopic (exact) mass is 562 g/mol. The van der Waals surface area contributed by atoms with Crippen LogP contribution in [-0.2, 0) is 25.7 Å². The molecule has 4 aromatic rings. The second-order valence-corrected chi connectivity index (χ2v) is 9.42. The van der Waals surface area contributed by atoms with Gasteiger partial charge in [-0.1, -0.05) is 43.7 Å². The lowest BCUT2D eigenvalue weighted by Crippen LogP contribution is -2.20. The van der Waals surface area contributed by atoms with Crippen molar-refractivity contribution in [3.8, 4) is 11.5 Å². The van der Waals surface area contributed by atoms with Gasteiger partial charge >= 0.3 is 6.18 Å². The van der Waals surface area contributed by atoms with Gasteiger partial charge in [0, 0.05) is 11.8 Å². The number of unbranched alkanes of at least 4 members (excludes halogenated alkanes) is 1. The van der Waals surface area contributed by atoms with Gasteiger partial charge in [-0.05, 0) is 59.9 Å². The van der Waals surface area contributed by atoms with Gasteiger partial charge in [-0.2, -0.15) is 13.2 Å². The highest BCUT2D eigenvalue weighted by Gasteiger charge is 2.30. The second-order valence-electron chi connectivity index (χ2n) is 9.42. The smallest absolute Gasteiger partial charge is 0.422 e. The van der Waals surface area contributed by atoms with Crippen molar-refractivity contribution in [2.24, 2.45) is 0 Å². The van der Waals surface area contributed by atoms with E-state index in [9.17, 15) is 22.0 Å². The van der Waals surface area contributed by atoms with E-state index < -0.39 is 36.0 Å². The third kappa shape index (κ3) is 7.86. The van der Waals surface area contributed by atoms with Crippen LogP contribution in [0.5, 0.6) is 11.5 Å². The maximum atomic E-state index is 15.2. The summed E-state index contributed by atoms with van der Waals surface area (Å²) in [5.74, 6) is -2.69. The molecule has 0 saturated carbocycles. The van der Waals surface area contributed by atoms with Crippen LogP contribution in [0, 0.1) is 17.5 Å². The molecule has 0 spiro atoms. The summed E-state index contributed by atoms with van der Waals surface area (Å²) in [5.41, 5.74) is 1.52. The fraction of sp³-hybridized carbons (Fsp3) is 0.333. The summed E-state index contributed by atoms with van der Waals surface area (Å²) < 4.78 is 90.3. The summed E-state index contributed by atoms with van der Waals surface area (Å²) in [6.45, 7) is 0.910. The molecule has 1 aromatic heterocycles. The second kappa shape index (κ2) is 13.0. The van der Waals surface area contributed by atoms with Crippen molar-refractivity contribution >= 4 is 10.8 Å². The normalized spacial score (nSPS) is 11.7. The number of fused-ring (bicyclic) bond motifs is 1. The molecule has 0 atom stereocenters. The molecule has 3 aromatic carbocycles. The quantitative estimate of drug-likeness (QED) is 0.131. The molecule has 0 radical (unpaired) electrons. The van der Waals surface area contributed by atoms with Crippen molar-refractivity contribution in [2.45, 2.75) is 51.6 Å². The SMILES string of the molecule is CCCCOc1cnc(CCc2ccc3c(F)c(CCc4cc(F)c(OCC(F)(F)F)c(F)c4)ccc3c2)nc1. The minimum absolute atomic E-state index is 0.0797. The molecule has 0 saturated heterocycles. The maximum absolute atomic E-state index is 15.2. The number of rotatable bonds is 12. The largest absolute Gasteiger partial charge is 0.490 e. The molecule has 0 amide bonds. The van der Waals surface area contributed by atoms with E-state index in [0.717, 1.165) is 30.5 Å². The molecule has 4 nitrogen and oxygen atoms in total. The van der Waals surface area contributed by atoms with Gasteiger partial charge in [0.15, 0.2) is 29.7 Å². The number of ether oxygens (including phenoxy) is 2. The zero-order valence-electron chi connectivity index (χ0n) is 21.8. The van der Waals surface area contributed by atoms with E-state index in [2.05, 4.69) is 21.6 Å². The van der Waals surface area contributed by atoms with Crippen molar-refractivity contribution in [3.05, 3.63) is 94.8 Å². The number of nitrogens with zero attached hydrogens (tertiary/aromatic N) is 2. The van der Waals surface area contributed by atoms with E-state index in [-0.39, 0.29) is 18.4 Å². The Morgan fingerprint density at radius 3 is 2.15 bits per heavy atom. The summed E-state index contributed by atoms with van der Waals surface area (Å²) in [4.78, 5) is 8.69. The molecule has 212 valence electrons. The Hall–Kier alpha value is -3.82. The number of aryl methyl sites for hydroxylation is 4. The first-order valence-electron chi connectivity index (χ1n) is 12.9. The zero-order chi connectivity index (χ0) is 28.7. The number of hydrogen-bond acceptors (Lipinski definition) is 4. The summed E-state index contributed by atoms with van der Waals surface area (Å²) in [5, 5.41) is 1.13. The average molecular weight is 563 g/mol. The molecule has 0 aliphatic rings. The van der Waals surface area contributed by atoms with E-state index >= 15 is 4.39 Å². The Labute approximate surface area is 228 Å². The van der Waals surface area contributed by atoms with Crippen molar-refractivity contribution in [2.75, 3.05) is 13.2 Å². The Bertz CT molecular complexity index is 1420. The molecule has 0 N–H and O–H groups in total. The van der Waals surface area contributed by atoms with Crippen molar-refractivity contribution < 1.29 is 35.8 Å². The molecule has 1 heterocycles. The van der Waals surface area contributed by atoms with Crippen molar-refractivity contribution in [3.63, 3.8) is 0 Å². The van der Waals surface area contributed by atoms with Gasteiger partial charge in [0.25, 0.3) is 0 Å². The molecule has 0 bridgehead atoms. The van der Waals surface area contributed by atoms with E-state index in [1.54, 1.807) is 30.6 Å². The zero-order valence-corrected chi connectivity index (χ0v) is 21.8. The Balaban J connectivity index is 1.37. The topological polar surface area (TPSA) is 44.2 Å².